The average Bonchev–Trinajstić information content (AvgIpc) is 2.98. The highest BCUT2D eigenvalue weighted by Gasteiger charge is 2.34. The molecule has 0 aliphatic carbocycles. The zero-order valence-corrected chi connectivity index (χ0v) is 26.2. The van der Waals surface area contributed by atoms with Gasteiger partial charge in [-0.1, -0.05) is 42.8 Å². The standard InChI is InChI=1S/C32H41N3O6S/c1-8-24(4)33-32(37)25(5)34(20-26-10-9-11-27(19-26)40-6)31(36)21-35(29-18-23(3)14-17-30(29)41-7)42(38,39)28-15-12-22(2)13-16-28/h9-19,24-25H,8,20-21H2,1-7H3,(H,33,37)/t24-,25+/m0/s1. The predicted octanol–water partition coefficient (Wildman–Crippen LogP) is 4.85. The van der Waals surface area contributed by atoms with E-state index in [2.05, 4.69) is 5.32 Å². The molecule has 0 bridgehead atoms. The fraction of sp³-hybridized carbons (Fsp3) is 0.375. The lowest BCUT2D eigenvalue weighted by atomic mass is 10.1. The third-order valence-corrected chi connectivity index (χ3v) is 8.92. The fourth-order valence-electron chi connectivity index (χ4n) is 4.36. The number of nitrogens with zero attached hydrogens (tertiary/aromatic N) is 2. The van der Waals surface area contributed by atoms with Crippen molar-refractivity contribution in [2.24, 2.45) is 0 Å². The van der Waals surface area contributed by atoms with Gasteiger partial charge < -0.3 is 19.7 Å². The van der Waals surface area contributed by atoms with Gasteiger partial charge in [0, 0.05) is 12.6 Å². The summed E-state index contributed by atoms with van der Waals surface area (Å²) in [5.41, 5.74) is 2.64. The van der Waals surface area contributed by atoms with Gasteiger partial charge in [-0.3, -0.25) is 13.9 Å². The second-order valence-electron chi connectivity index (χ2n) is 10.4. The van der Waals surface area contributed by atoms with Crippen LogP contribution in [0.4, 0.5) is 5.69 Å². The average molecular weight is 596 g/mol. The lowest BCUT2D eigenvalue weighted by Gasteiger charge is -2.33. The van der Waals surface area contributed by atoms with Gasteiger partial charge in [0.15, 0.2) is 0 Å². The predicted molar refractivity (Wildman–Crippen MR) is 164 cm³/mol. The van der Waals surface area contributed by atoms with Crippen molar-refractivity contribution < 1.29 is 27.5 Å². The molecule has 0 fully saturated rings. The van der Waals surface area contributed by atoms with E-state index >= 15 is 0 Å². The SMILES string of the molecule is CC[C@H](C)NC(=O)[C@@H](C)N(Cc1cccc(OC)c1)C(=O)CN(c1cc(C)ccc1OC)S(=O)(=O)c1ccc(C)cc1. The quantitative estimate of drug-likeness (QED) is 0.303. The minimum atomic E-state index is -4.22. The molecule has 3 aromatic rings. The van der Waals surface area contributed by atoms with Gasteiger partial charge in [0.25, 0.3) is 10.0 Å². The first-order valence-corrected chi connectivity index (χ1v) is 15.3. The molecular weight excluding hydrogens is 554 g/mol. The molecule has 0 aliphatic rings. The molecule has 0 radical (unpaired) electrons. The van der Waals surface area contributed by atoms with E-state index in [1.807, 2.05) is 33.8 Å². The van der Waals surface area contributed by atoms with Crippen molar-refractivity contribution in [2.75, 3.05) is 25.1 Å². The Hall–Kier alpha value is -4.05. The molecule has 1 N–H and O–H groups in total. The van der Waals surface area contributed by atoms with Crippen molar-refractivity contribution in [1.82, 2.24) is 10.2 Å². The Morgan fingerprint density at radius 2 is 1.57 bits per heavy atom. The molecule has 2 atom stereocenters. The summed E-state index contributed by atoms with van der Waals surface area (Å²) in [6.07, 6.45) is 0.720. The molecule has 0 heterocycles. The Kier molecular flexibility index (Phi) is 11.0. The molecule has 3 aromatic carbocycles. The first-order chi connectivity index (χ1) is 19.9. The van der Waals surface area contributed by atoms with E-state index in [-0.39, 0.29) is 29.1 Å². The Balaban J connectivity index is 2.10. The Morgan fingerprint density at radius 1 is 0.905 bits per heavy atom. The van der Waals surface area contributed by atoms with Crippen LogP contribution in [0.3, 0.4) is 0 Å². The summed E-state index contributed by atoms with van der Waals surface area (Å²) < 4.78 is 40.2. The van der Waals surface area contributed by atoms with Gasteiger partial charge in [-0.2, -0.15) is 0 Å². The maximum atomic E-state index is 14.2. The minimum Gasteiger partial charge on any atom is -0.497 e. The first-order valence-electron chi connectivity index (χ1n) is 13.9. The number of sulfonamides is 1. The highest BCUT2D eigenvalue weighted by Crippen LogP contribution is 2.34. The third kappa shape index (κ3) is 7.82. The highest BCUT2D eigenvalue weighted by atomic mass is 32.2. The summed E-state index contributed by atoms with van der Waals surface area (Å²) in [4.78, 5) is 28.8. The number of hydrogen-bond acceptors (Lipinski definition) is 6. The zero-order chi connectivity index (χ0) is 31.0. The van der Waals surface area contributed by atoms with E-state index in [4.69, 9.17) is 9.47 Å². The molecule has 0 saturated carbocycles. The van der Waals surface area contributed by atoms with Gasteiger partial charge in [-0.05, 0) is 81.6 Å². The normalized spacial score (nSPS) is 12.6. The summed E-state index contributed by atoms with van der Waals surface area (Å²) in [6.45, 7) is 8.69. The maximum Gasteiger partial charge on any atom is 0.264 e. The van der Waals surface area contributed by atoms with E-state index in [0.717, 1.165) is 27.4 Å². The number of carbonyl (C=O) groups is 2. The number of nitrogens with one attached hydrogen (secondary N) is 1. The van der Waals surface area contributed by atoms with Gasteiger partial charge >= 0.3 is 0 Å². The molecule has 2 amide bonds. The molecule has 226 valence electrons. The molecule has 3 rings (SSSR count). The van der Waals surface area contributed by atoms with Crippen LogP contribution in [0, 0.1) is 13.8 Å². The molecule has 0 unspecified atom stereocenters. The van der Waals surface area contributed by atoms with Crippen molar-refractivity contribution in [3.63, 3.8) is 0 Å². The summed E-state index contributed by atoms with van der Waals surface area (Å²) >= 11 is 0. The van der Waals surface area contributed by atoms with E-state index in [9.17, 15) is 18.0 Å². The Labute approximate surface area is 249 Å². The molecule has 0 aromatic heterocycles. The van der Waals surface area contributed by atoms with Crippen LogP contribution in [0.1, 0.15) is 43.9 Å². The van der Waals surface area contributed by atoms with Gasteiger partial charge in [0.1, 0.15) is 24.1 Å². The van der Waals surface area contributed by atoms with E-state index < -0.39 is 28.5 Å². The number of methoxy groups -OCH3 is 2. The third-order valence-electron chi connectivity index (χ3n) is 7.15. The van der Waals surface area contributed by atoms with Crippen molar-refractivity contribution in [1.29, 1.82) is 0 Å². The van der Waals surface area contributed by atoms with Crippen LogP contribution in [-0.2, 0) is 26.2 Å². The number of ether oxygens (including phenoxy) is 2. The van der Waals surface area contributed by atoms with Gasteiger partial charge in [0.05, 0.1) is 24.8 Å². The number of aryl methyl sites for hydroxylation is 2. The van der Waals surface area contributed by atoms with Crippen molar-refractivity contribution in [2.45, 2.75) is 64.6 Å². The van der Waals surface area contributed by atoms with Crippen LogP contribution in [0.5, 0.6) is 11.5 Å². The number of anilines is 1. The van der Waals surface area contributed by atoms with Crippen LogP contribution >= 0.6 is 0 Å². The fourth-order valence-corrected chi connectivity index (χ4v) is 5.78. The van der Waals surface area contributed by atoms with E-state index in [1.165, 1.54) is 24.1 Å². The molecule has 42 heavy (non-hydrogen) atoms. The summed E-state index contributed by atoms with van der Waals surface area (Å²) in [5.74, 6) is 0.0150. The Morgan fingerprint density at radius 3 is 2.19 bits per heavy atom. The first kappa shape index (κ1) is 32.5. The topological polar surface area (TPSA) is 105 Å². The number of rotatable bonds is 13. The van der Waals surface area contributed by atoms with Gasteiger partial charge in [-0.15, -0.1) is 0 Å². The van der Waals surface area contributed by atoms with Crippen LogP contribution in [0.25, 0.3) is 0 Å². The van der Waals surface area contributed by atoms with Crippen LogP contribution < -0.4 is 19.1 Å². The number of hydrogen-bond donors (Lipinski definition) is 1. The van der Waals surface area contributed by atoms with Gasteiger partial charge in [0.2, 0.25) is 11.8 Å². The molecule has 0 aliphatic heterocycles. The smallest absolute Gasteiger partial charge is 0.264 e. The maximum absolute atomic E-state index is 14.2. The van der Waals surface area contributed by atoms with E-state index in [1.54, 1.807) is 62.6 Å². The molecule has 9 nitrogen and oxygen atoms in total. The van der Waals surface area contributed by atoms with E-state index in [0.29, 0.717) is 11.5 Å². The molecule has 0 spiro atoms. The minimum absolute atomic E-state index is 0.0337. The molecule has 10 heteroatoms. The summed E-state index contributed by atoms with van der Waals surface area (Å²) in [5, 5.41) is 2.94. The number of benzene rings is 3. The lowest BCUT2D eigenvalue weighted by Crippen LogP contribution is -2.52. The van der Waals surface area contributed by atoms with Crippen LogP contribution in [-0.4, -0.2) is 58.0 Å². The van der Waals surface area contributed by atoms with Crippen molar-refractivity contribution in [3.8, 4) is 11.5 Å². The van der Waals surface area contributed by atoms with Gasteiger partial charge in [-0.25, -0.2) is 8.42 Å². The monoisotopic (exact) mass is 595 g/mol. The molecular formula is C32H41N3O6S. The second kappa shape index (κ2) is 14.2. The number of amides is 2. The largest absolute Gasteiger partial charge is 0.497 e. The Bertz CT molecular complexity index is 1490. The zero-order valence-electron chi connectivity index (χ0n) is 25.4. The molecule has 0 saturated heterocycles. The lowest BCUT2D eigenvalue weighted by molar-refractivity contribution is -0.139. The van der Waals surface area contributed by atoms with Crippen LogP contribution in [0.15, 0.2) is 71.6 Å². The summed E-state index contributed by atoms with van der Waals surface area (Å²) in [6, 6.07) is 17.8. The summed E-state index contributed by atoms with van der Waals surface area (Å²) in [7, 11) is -1.22. The van der Waals surface area contributed by atoms with Crippen molar-refractivity contribution in [3.05, 3.63) is 83.4 Å². The second-order valence-corrected chi connectivity index (χ2v) is 12.2. The number of carbonyl (C=O) groups excluding carboxylic acids is 2. The van der Waals surface area contributed by atoms with Crippen molar-refractivity contribution >= 4 is 27.5 Å². The highest BCUT2D eigenvalue weighted by molar-refractivity contribution is 7.92. The van der Waals surface area contributed by atoms with Crippen LogP contribution in [0.2, 0.25) is 0 Å².